The molecule has 1 aliphatic rings. The van der Waals surface area contributed by atoms with Gasteiger partial charge in [0, 0.05) is 12.1 Å². The first-order chi connectivity index (χ1) is 9.79. The predicted molar refractivity (Wildman–Crippen MR) is 90.7 cm³/mol. The highest BCUT2D eigenvalue weighted by Gasteiger charge is 2.18. The molecule has 3 heteroatoms. The van der Waals surface area contributed by atoms with Gasteiger partial charge in [0.25, 0.3) is 0 Å². The SMILES string of the molecule is COc1cc2c(cc1-c1ccccc1)C(C)CNCC2.Cl. The highest BCUT2D eigenvalue weighted by molar-refractivity contribution is 5.85. The molecule has 0 saturated carbocycles. The monoisotopic (exact) mass is 303 g/mol. The zero-order valence-corrected chi connectivity index (χ0v) is 13.4. The van der Waals surface area contributed by atoms with Gasteiger partial charge in [-0.2, -0.15) is 0 Å². The summed E-state index contributed by atoms with van der Waals surface area (Å²) in [6.07, 6.45) is 1.07. The van der Waals surface area contributed by atoms with E-state index in [0.29, 0.717) is 5.92 Å². The van der Waals surface area contributed by atoms with Crippen molar-refractivity contribution >= 4 is 12.4 Å². The number of halogens is 1. The van der Waals surface area contributed by atoms with Gasteiger partial charge in [-0.05, 0) is 47.7 Å². The number of hydrogen-bond donors (Lipinski definition) is 1. The highest BCUT2D eigenvalue weighted by Crippen LogP contribution is 2.36. The fourth-order valence-electron chi connectivity index (χ4n) is 2.98. The number of rotatable bonds is 2. The Bertz CT molecular complexity index is 598. The molecule has 1 heterocycles. The van der Waals surface area contributed by atoms with E-state index in [1.54, 1.807) is 7.11 Å². The smallest absolute Gasteiger partial charge is 0.126 e. The van der Waals surface area contributed by atoms with Crippen molar-refractivity contribution in [1.82, 2.24) is 5.32 Å². The van der Waals surface area contributed by atoms with Gasteiger partial charge in [-0.3, -0.25) is 0 Å². The van der Waals surface area contributed by atoms with Crippen molar-refractivity contribution in [1.29, 1.82) is 0 Å². The second kappa shape index (κ2) is 6.97. The molecule has 2 nitrogen and oxygen atoms in total. The Morgan fingerprint density at radius 1 is 1.14 bits per heavy atom. The predicted octanol–water partition coefficient (Wildman–Crippen LogP) is 4.03. The van der Waals surface area contributed by atoms with E-state index in [1.807, 2.05) is 6.07 Å². The van der Waals surface area contributed by atoms with Crippen molar-refractivity contribution < 1.29 is 4.74 Å². The minimum atomic E-state index is 0. The van der Waals surface area contributed by atoms with Gasteiger partial charge in [-0.25, -0.2) is 0 Å². The summed E-state index contributed by atoms with van der Waals surface area (Å²) in [5.41, 5.74) is 5.28. The molecule has 0 saturated heterocycles. The molecule has 1 aliphatic heterocycles. The molecular formula is C18H22ClNO. The zero-order chi connectivity index (χ0) is 13.9. The maximum atomic E-state index is 5.62. The van der Waals surface area contributed by atoms with Crippen molar-refractivity contribution in [2.75, 3.05) is 20.2 Å². The molecule has 112 valence electrons. The van der Waals surface area contributed by atoms with Gasteiger partial charge in [-0.15, -0.1) is 12.4 Å². The molecule has 1 atom stereocenters. The van der Waals surface area contributed by atoms with Gasteiger partial charge in [0.2, 0.25) is 0 Å². The molecule has 0 radical (unpaired) electrons. The van der Waals surface area contributed by atoms with Gasteiger partial charge in [-0.1, -0.05) is 37.3 Å². The third-order valence-corrected chi connectivity index (χ3v) is 4.10. The van der Waals surface area contributed by atoms with Crippen LogP contribution in [0.4, 0.5) is 0 Å². The number of fused-ring (bicyclic) bond motifs is 1. The highest BCUT2D eigenvalue weighted by atomic mass is 35.5. The lowest BCUT2D eigenvalue weighted by molar-refractivity contribution is 0.415. The van der Waals surface area contributed by atoms with Crippen LogP contribution in [-0.2, 0) is 6.42 Å². The van der Waals surface area contributed by atoms with Crippen LogP contribution in [0.5, 0.6) is 5.75 Å². The minimum absolute atomic E-state index is 0. The molecule has 0 bridgehead atoms. The summed E-state index contributed by atoms with van der Waals surface area (Å²) >= 11 is 0. The lowest BCUT2D eigenvalue weighted by Gasteiger charge is -2.17. The fourth-order valence-corrected chi connectivity index (χ4v) is 2.98. The van der Waals surface area contributed by atoms with E-state index in [2.05, 4.69) is 48.6 Å². The molecular weight excluding hydrogens is 282 g/mol. The van der Waals surface area contributed by atoms with Crippen LogP contribution in [-0.4, -0.2) is 20.2 Å². The topological polar surface area (TPSA) is 21.3 Å². The number of methoxy groups -OCH3 is 1. The lowest BCUT2D eigenvalue weighted by Crippen LogP contribution is -2.18. The third kappa shape index (κ3) is 3.22. The maximum Gasteiger partial charge on any atom is 0.126 e. The Morgan fingerprint density at radius 3 is 2.62 bits per heavy atom. The lowest BCUT2D eigenvalue weighted by atomic mass is 9.91. The van der Waals surface area contributed by atoms with Crippen molar-refractivity contribution in [2.45, 2.75) is 19.3 Å². The van der Waals surface area contributed by atoms with Crippen molar-refractivity contribution in [2.24, 2.45) is 0 Å². The van der Waals surface area contributed by atoms with Gasteiger partial charge >= 0.3 is 0 Å². The number of hydrogen-bond acceptors (Lipinski definition) is 2. The average Bonchev–Trinajstić information content (AvgIpc) is 2.68. The van der Waals surface area contributed by atoms with Crippen LogP contribution in [0.3, 0.4) is 0 Å². The zero-order valence-electron chi connectivity index (χ0n) is 12.6. The van der Waals surface area contributed by atoms with Crippen molar-refractivity contribution in [3.05, 3.63) is 53.6 Å². The van der Waals surface area contributed by atoms with E-state index >= 15 is 0 Å². The Kier molecular flexibility index (Phi) is 5.27. The molecule has 2 aromatic rings. The summed E-state index contributed by atoms with van der Waals surface area (Å²) in [6, 6.07) is 15.0. The molecule has 21 heavy (non-hydrogen) atoms. The van der Waals surface area contributed by atoms with Crippen LogP contribution in [0.15, 0.2) is 42.5 Å². The van der Waals surface area contributed by atoms with E-state index in [1.165, 1.54) is 22.3 Å². The molecule has 0 fully saturated rings. The van der Waals surface area contributed by atoms with E-state index in [4.69, 9.17) is 4.74 Å². The Morgan fingerprint density at radius 2 is 1.90 bits per heavy atom. The van der Waals surface area contributed by atoms with Gasteiger partial charge in [0.05, 0.1) is 7.11 Å². The molecule has 0 spiro atoms. The fraction of sp³-hybridized carbons (Fsp3) is 0.333. The molecule has 0 aliphatic carbocycles. The van der Waals surface area contributed by atoms with Crippen LogP contribution in [0.1, 0.15) is 24.0 Å². The third-order valence-electron chi connectivity index (χ3n) is 4.10. The molecule has 2 aromatic carbocycles. The largest absolute Gasteiger partial charge is 0.496 e. The molecule has 1 N–H and O–H groups in total. The molecule has 1 unspecified atom stereocenters. The standard InChI is InChI=1S/C18H21NO.ClH/c1-13-12-19-9-8-15-10-18(20-2)17(11-16(13)15)14-6-4-3-5-7-14;/h3-7,10-11,13,19H,8-9,12H2,1-2H3;1H. The first-order valence-electron chi connectivity index (χ1n) is 7.26. The number of ether oxygens (including phenoxy) is 1. The van der Waals surface area contributed by atoms with Crippen molar-refractivity contribution in [3.8, 4) is 16.9 Å². The van der Waals surface area contributed by atoms with E-state index in [-0.39, 0.29) is 12.4 Å². The molecule has 0 amide bonds. The van der Waals surface area contributed by atoms with E-state index < -0.39 is 0 Å². The summed E-state index contributed by atoms with van der Waals surface area (Å²) in [5, 5.41) is 3.50. The first kappa shape index (κ1) is 15.9. The number of benzene rings is 2. The summed E-state index contributed by atoms with van der Waals surface area (Å²) in [6.45, 7) is 4.39. The van der Waals surface area contributed by atoms with Gasteiger partial charge in [0.15, 0.2) is 0 Å². The number of nitrogens with one attached hydrogen (secondary N) is 1. The van der Waals surface area contributed by atoms with Gasteiger partial charge < -0.3 is 10.1 Å². The molecule has 0 aromatic heterocycles. The summed E-state index contributed by atoms with van der Waals surface area (Å²) in [4.78, 5) is 0. The summed E-state index contributed by atoms with van der Waals surface area (Å²) in [5.74, 6) is 1.52. The summed E-state index contributed by atoms with van der Waals surface area (Å²) in [7, 11) is 1.76. The average molecular weight is 304 g/mol. The second-order valence-corrected chi connectivity index (χ2v) is 5.47. The Balaban J connectivity index is 0.00000161. The van der Waals surface area contributed by atoms with Crippen LogP contribution in [0.2, 0.25) is 0 Å². The Hall–Kier alpha value is -1.51. The molecule has 3 rings (SSSR count). The van der Waals surface area contributed by atoms with Crippen LogP contribution >= 0.6 is 12.4 Å². The minimum Gasteiger partial charge on any atom is -0.496 e. The Labute approximate surface area is 132 Å². The maximum absolute atomic E-state index is 5.62. The summed E-state index contributed by atoms with van der Waals surface area (Å²) < 4.78 is 5.62. The van der Waals surface area contributed by atoms with Crippen LogP contribution in [0, 0.1) is 0 Å². The second-order valence-electron chi connectivity index (χ2n) is 5.47. The quantitative estimate of drug-likeness (QED) is 0.904. The van der Waals surface area contributed by atoms with Crippen LogP contribution < -0.4 is 10.1 Å². The van der Waals surface area contributed by atoms with Gasteiger partial charge in [0.1, 0.15) is 5.75 Å². The van der Waals surface area contributed by atoms with E-state index in [9.17, 15) is 0 Å². The normalized spacial score (nSPS) is 17.3. The van der Waals surface area contributed by atoms with Crippen molar-refractivity contribution in [3.63, 3.8) is 0 Å². The van der Waals surface area contributed by atoms with Crippen LogP contribution in [0.25, 0.3) is 11.1 Å². The first-order valence-corrected chi connectivity index (χ1v) is 7.26. The van der Waals surface area contributed by atoms with E-state index in [0.717, 1.165) is 25.3 Å².